The molecule has 1 aromatic carbocycles. The third-order valence-electron chi connectivity index (χ3n) is 3.74. The van der Waals surface area contributed by atoms with Crippen molar-refractivity contribution in [2.75, 3.05) is 0 Å². The van der Waals surface area contributed by atoms with Crippen molar-refractivity contribution in [1.29, 1.82) is 0 Å². The summed E-state index contributed by atoms with van der Waals surface area (Å²) in [7, 11) is 1.35. The quantitative estimate of drug-likeness (QED) is 0.842. The van der Waals surface area contributed by atoms with Crippen LogP contribution in [0.2, 0.25) is 5.02 Å². The zero-order valence-electron chi connectivity index (χ0n) is 11.8. The smallest absolute Gasteiger partial charge is 0.262 e. The number of amides is 1. The second-order valence-corrected chi connectivity index (χ2v) is 8.26. The molecule has 1 aromatic heterocycles. The fraction of sp³-hybridized carbons (Fsp3) is 0.200. The first-order chi connectivity index (χ1) is 10.8. The van der Waals surface area contributed by atoms with E-state index in [-0.39, 0.29) is 16.5 Å². The number of carbonyl (C=O) groups is 1. The molecule has 0 fully saturated rings. The molecule has 1 heterocycles. The Kier molecular flexibility index (Phi) is 4.31. The van der Waals surface area contributed by atoms with Gasteiger partial charge in [-0.3, -0.25) is 9.78 Å². The van der Waals surface area contributed by atoms with E-state index in [2.05, 4.69) is 10.3 Å². The van der Waals surface area contributed by atoms with Crippen LogP contribution in [0.4, 0.5) is 0 Å². The molecule has 5 nitrogen and oxygen atoms in total. The van der Waals surface area contributed by atoms with E-state index in [1.807, 2.05) is 12.1 Å². The molecule has 23 heavy (non-hydrogen) atoms. The van der Waals surface area contributed by atoms with Crippen molar-refractivity contribution >= 4 is 37.2 Å². The lowest BCUT2D eigenvalue weighted by molar-refractivity contribution is 0.0936. The van der Waals surface area contributed by atoms with Crippen molar-refractivity contribution < 1.29 is 13.2 Å². The standard InChI is InChI=1S/C15H12Cl2N2O3S/c16-11-2-3-13-9(5-11)1-4-14(13)19-15(20)10-6-12(8-18-7-10)23(17,21)22/h2-3,5-8,14H,1,4H2,(H,19,20)/t14-/m1/s1. The predicted molar refractivity (Wildman–Crippen MR) is 87.3 cm³/mol. The van der Waals surface area contributed by atoms with Gasteiger partial charge in [0.1, 0.15) is 4.90 Å². The van der Waals surface area contributed by atoms with Crippen molar-refractivity contribution in [1.82, 2.24) is 10.3 Å². The highest BCUT2D eigenvalue weighted by Gasteiger charge is 2.25. The number of aromatic nitrogens is 1. The Morgan fingerprint density at radius 2 is 2.04 bits per heavy atom. The Bertz CT molecular complexity index is 884. The molecule has 2 aromatic rings. The molecule has 120 valence electrons. The molecule has 1 amide bonds. The predicted octanol–water partition coefficient (Wildman–Crippen LogP) is 3.08. The molecule has 0 radical (unpaired) electrons. The maximum absolute atomic E-state index is 12.3. The van der Waals surface area contributed by atoms with E-state index in [4.69, 9.17) is 22.3 Å². The van der Waals surface area contributed by atoms with Crippen LogP contribution in [0.5, 0.6) is 0 Å². The number of nitrogens with one attached hydrogen (secondary N) is 1. The molecule has 0 spiro atoms. The minimum absolute atomic E-state index is 0.133. The molecule has 0 bridgehead atoms. The van der Waals surface area contributed by atoms with Gasteiger partial charge in [-0.05, 0) is 42.2 Å². The lowest BCUT2D eigenvalue weighted by Crippen LogP contribution is -2.27. The Morgan fingerprint density at radius 3 is 2.78 bits per heavy atom. The van der Waals surface area contributed by atoms with Gasteiger partial charge in [-0.2, -0.15) is 0 Å². The molecule has 0 aliphatic heterocycles. The second-order valence-electron chi connectivity index (χ2n) is 5.26. The number of hydrogen-bond acceptors (Lipinski definition) is 4. The van der Waals surface area contributed by atoms with Crippen molar-refractivity contribution in [3.05, 3.63) is 58.4 Å². The van der Waals surface area contributed by atoms with Gasteiger partial charge in [-0.1, -0.05) is 17.7 Å². The molecule has 8 heteroatoms. The average Bonchev–Trinajstić information content (AvgIpc) is 2.88. The summed E-state index contributed by atoms with van der Waals surface area (Å²) in [6, 6.07) is 6.65. The lowest BCUT2D eigenvalue weighted by Gasteiger charge is -2.14. The van der Waals surface area contributed by atoms with Gasteiger partial charge in [0, 0.05) is 28.1 Å². The van der Waals surface area contributed by atoms with Crippen LogP contribution in [0.1, 0.15) is 33.9 Å². The number of fused-ring (bicyclic) bond motifs is 1. The number of rotatable bonds is 3. The SMILES string of the molecule is O=C(N[C@@H]1CCc2cc(Cl)ccc21)c1cncc(S(=O)(=O)Cl)c1. The van der Waals surface area contributed by atoms with Crippen molar-refractivity contribution in [2.24, 2.45) is 0 Å². The van der Waals surface area contributed by atoms with Crippen LogP contribution in [0, 0.1) is 0 Å². The fourth-order valence-electron chi connectivity index (χ4n) is 2.65. The van der Waals surface area contributed by atoms with E-state index in [0.29, 0.717) is 5.02 Å². The summed E-state index contributed by atoms with van der Waals surface area (Å²) >= 11 is 5.97. The molecule has 1 atom stereocenters. The first-order valence-electron chi connectivity index (χ1n) is 6.83. The Labute approximate surface area is 143 Å². The van der Waals surface area contributed by atoms with Gasteiger partial charge in [-0.15, -0.1) is 0 Å². The highest BCUT2D eigenvalue weighted by atomic mass is 35.7. The summed E-state index contributed by atoms with van der Waals surface area (Å²) in [6.45, 7) is 0. The van der Waals surface area contributed by atoms with E-state index in [9.17, 15) is 13.2 Å². The molecule has 1 aliphatic rings. The molecule has 1 N–H and O–H groups in total. The van der Waals surface area contributed by atoms with Gasteiger partial charge < -0.3 is 5.32 Å². The van der Waals surface area contributed by atoms with E-state index >= 15 is 0 Å². The molecule has 1 aliphatic carbocycles. The molecular formula is C15H12Cl2N2O3S. The third kappa shape index (κ3) is 3.49. The zero-order valence-corrected chi connectivity index (χ0v) is 14.1. The van der Waals surface area contributed by atoms with Crippen molar-refractivity contribution in [2.45, 2.75) is 23.8 Å². The number of nitrogens with zero attached hydrogens (tertiary/aromatic N) is 1. The van der Waals surface area contributed by atoms with Gasteiger partial charge in [0.2, 0.25) is 0 Å². The van der Waals surface area contributed by atoms with Crippen LogP contribution in [0.25, 0.3) is 0 Å². The maximum atomic E-state index is 12.3. The van der Waals surface area contributed by atoms with Crippen LogP contribution >= 0.6 is 22.3 Å². The maximum Gasteiger partial charge on any atom is 0.262 e. The first kappa shape index (κ1) is 16.2. The van der Waals surface area contributed by atoms with Crippen LogP contribution in [-0.2, 0) is 15.5 Å². The first-order valence-corrected chi connectivity index (χ1v) is 9.52. The zero-order chi connectivity index (χ0) is 16.6. The topological polar surface area (TPSA) is 76.1 Å². The fourth-order valence-corrected chi connectivity index (χ4v) is 3.56. The van der Waals surface area contributed by atoms with E-state index in [1.54, 1.807) is 6.07 Å². The normalized spacial score (nSPS) is 16.9. The number of hydrogen-bond donors (Lipinski definition) is 1. The van der Waals surface area contributed by atoms with Crippen LogP contribution in [-0.4, -0.2) is 19.3 Å². The van der Waals surface area contributed by atoms with E-state index in [1.165, 1.54) is 12.3 Å². The summed E-state index contributed by atoms with van der Waals surface area (Å²) in [5.41, 5.74) is 2.28. The number of halogens is 2. The van der Waals surface area contributed by atoms with Gasteiger partial charge in [0.15, 0.2) is 0 Å². The monoisotopic (exact) mass is 370 g/mol. The van der Waals surface area contributed by atoms with E-state index in [0.717, 1.165) is 30.2 Å². The van der Waals surface area contributed by atoms with Crippen LogP contribution in [0.3, 0.4) is 0 Å². The summed E-state index contributed by atoms with van der Waals surface area (Å²) in [4.78, 5) is 15.9. The number of aryl methyl sites for hydroxylation is 1. The number of carbonyl (C=O) groups excluding carboxylic acids is 1. The molecule has 3 rings (SSSR count). The second kappa shape index (κ2) is 6.11. The van der Waals surface area contributed by atoms with E-state index < -0.39 is 15.0 Å². The van der Waals surface area contributed by atoms with Gasteiger partial charge in [0.25, 0.3) is 15.0 Å². The van der Waals surface area contributed by atoms with Crippen molar-refractivity contribution in [3.8, 4) is 0 Å². The minimum atomic E-state index is -3.92. The summed E-state index contributed by atoms with van der Waals surface area (Å²) < 4.78 is 22.7. The summed E-state index contributed by atoms with van der Waals surface area (Å²) in [5.74, 6) is -0.396. The summed E-state index contributed by atoms with van der Waals surface area (Å²) in [6.07, 6.45) is 4.00. The molecule has 0 saturated heterocycles. The van der Waals surface area contributed by atoms with Gasteiger partial charge in [-0.25, -0.2) is 8.42 Å². The average molecular weight is 371 g/mol. The third-order valence-corrected chi connectivity index (χ3v) is 5.30. The lowest BCUT2D eigenvalue weighted by atomic mass is 10.1. The Hall–Kier alpha value is -1.63. The van der Waals surface area contributed by atoms with Gasteiger partial charge in [0.05, 0.1) is 11.6 Å². The Balaban J connectivity index is 1.82. The van der Waals surface area contributed by atoms with Crippen molar-refractivity contribution in [3.63, 3.8) is 0 Å². The highest BCUT2D eigenvalue weighted by Crippen LogP contribution is 2.33. The van der Waals surface area contributed by atoms with Crippen LogP contribution < -0.4 is 5.32 Å². The summed E-state index contributed by atoms with van der Waals surface area (Å²) in [5, 5.41) is 3.56. The number of pyridine rings is 1. The minimum Gasteiger partial charge on any atom is -0.345 e. The molecule has 0 saturated carbocycles. The molecule has 0 unspecified atom stereocenters. The number of benzene rings is 1. The highest BCUT2D eigenvalue weighted by molar-refractivity contribution is 8.13. The Morgan fingerprint density at radius 1 is 1.26 bits per heavy atom. The van der Waals surface area contributed by atoms with Crippen LogP contribution in [0.15, 0.2) is 41.6 Å². The van der Waals surface area contributed by atoms with Gasteiger partial charge >= 0.3 is 0 Å². The largest absolute Gasteiger partial charge is 0.345 e. The molecular weight excluding hydrogens is 359 g/mol.